The molecule has 1 unspecified atom stereocenters. The monoisotopic (exact) mass is 174 g/mol. The van der Waals surface area contributed by atoms with E-state index in [0.29, 0.717) is 6.04 Å². The van der Waals surface area contributed by atoms with Gasteiger partial charge in [0.05, 0.1) is 6.61 Å². The highest BCUT2D eigenvalue weighted by atomic mass is 16.5. The minimum Gasteiger partial charge on any atom is -0.380 e. The van der Waals surface area contributed by atoms with Gasteiger partial charge in [0.1, 0.15) is 0 Å². The first-order chi connectivity index (χ1) is 5.76. The lowest BCUT2D eigenvalue weighted by atomic mass is 10.2. The van der Waals surface area contributed by atoms with Gasteiger partial charge in [-0.05, 0) is 20.4 Å². The Morgan fingerprint density at radius 1 is 1.42 bits per heavy atom. The Morgan fingerprint density at radius 2 is 2.08 bits per heavy atom. The van der Waals surface area contributed by atoms with Crippen LogP contribution in [-0.2, 0) is 4.74 Å². The quantitative estimate of drug-likeness (QED) is 0.577. The molecule has 12 heavy (non-hydrogen) atoms. The van der Waals surface area contributed by atoms with E-state index >= 15 is 0 Å². The molecular formula is C9H22N2O. The van der Waals surface area contributed by atoms with Crippen molar-refractivity contribution in [2.45, 2.75) is 26.3 Å². The second-order valence-corrected chi connectivity index (χ2v) is 2.98. The Hall–Kier alpha value is -0.120. The third-order valence-corrected chi connectivity index (χ3v) is 2.16. The smallest absolute Gasteiger partial charge is 0.0593 e. The van der Waals surface area contributed by atoms with Gasteiger partial charge in [-0.3, -0.25) is 4.90 Å². The van der Waals surface area contributed by atoms with Gasteiger partial charge in [-0.25, -0.2) is 0 Å². The Labute approximate surface area is 75.9 Å². The summed E-state index contributed by atoms with van der Waals surface area (Å²) >= 11 is 0. The lowest BCUT2D eigenvalue weighted by molar-refractivity contribution is 0.107. The summed E-state index contributed by atoms with van der Waals surface area (Å²) in [5, 5.41) is 0. The van der Waals surface area contributed by atoms with Gasteiger partial charge >= 0.3 is 0 Å². The molecule has 1 atom stereocenters. The molecule has 0 fully saturated rings. The van der Waals surface area contributed by atoms with Crippen LogP contribution in [0.3, 0.4) is 0 Å². The van der Waals surface area contributed by atoms with E-state index in [-0.39, 0.29) is 0 Å². The van der Waals surface area contributed by atoms with Crippen molar-refractivity contribution in [2.24, 2.45) is 5.73 Å². The van der Waals surface area contributed by atoms with Crippen LogP contribution in [0.4, 0.5) is 0 Å². The molecule has 0 saturated carbocycles. The maximum atomic E-state index is 5.61. The minimum atomic E-state index is 0.505. The lowest BCUT2D eigenvalue weighted by Gasteiger charge is -2.25. The second kappa shape index (κ2) is 7.53. The molecule has 74 valence electrons. The van der Waals surface area contributed by atoms with E-state index < -0.39 is 0 Å². The van der Waals surface area contributed by atoms with Gasteiger partial charge in [0.15, 0.2) is 0 Å². The number of ether oxygens (including phenoxy) is 1. The normalized spacial score (nSPS) is 13.8. The molecule has 3 heteroatoms. The van der Waals surface area contributed by atoms with Gasteiger partial charge in [0, 0.05) is 25.7 Å². The van der Waals surface area contributed by atoms with E-state index in [2.05, 4.69) is 18.9 Å². The van der Waals surface area contributed by atoms with Crippen LogP contribution in [-0.4, -0.2) is 44.3 Å². The van der Waals surface area contributed by atoms with Crippen LogP contribution in [0.1, 0.15) is 20.3 Å². The summed E-state index contributed by atoms with van der Waals surface area (Å²) in [4.78, 5) is 2.26. The minimum absolute atomic E-state index is 0.505. The number of rotatable bonds is 7. The standard InChI is InChI=1S/C9H22N2O/c1-4-9(8-10)11(3)6-7-12-5-2/h9H,4-8,10H2,1-3H3. The molecule has 0 aliphatic carbocycles. The molecule has 0 heterocycles. The van der Waals surface area contributed by atoms with Crippen LogP contribution in [0.5, 0.6) is 0 Å². The van der Waals surface area contributed by atoms with Crippen molar-refractivity contribution in [1.82, 2.24) is 4.90 Å². The van der Waals surface area contributed by atoms with Crippen molar-refractivity contribution in [3.8, 4) is 0 Å². The summed E-state index contributed by atoms with van der Waals surface area (Å²) < 4.78 is 5.26. The summed E-state index contributed by atoms with van der Waals surface area (Å²) in [7, 11) is 2.10. The van der Waals surface area contributed by atoms with Gasteiger partial charge in [-0.2, -0.15) is 0 Å². The van der Waals surface area contributed by atoms with Crippen molar-refractivity contribution in [3.63, 3.8) is 0 Å². The van der Waals surface area contributed by atoms with Crippen LogP contribution in [0.15, 0.2) is 0 Å². The molecule has 0 aromatic rings. The maximum Gasteiger partial charge on any atom is 0.0593 e. The maximum absolute atomic E-state index is 5.61. The highest BCUT2D eigenvalue weighted by molar-refractivity contribution is 4.66. The van der Waals surface area contributed by atoms with Crippen molar-refractivity contribution < 1.29 is 4.74 Å². The Balaban J connectivity index is 3.47. The fraction of sp³-hybridized carbons (Fsp3) is 1.00. The predicted molar refractivity (Wildman–Crippen MR) is 52.3 cm³/mol. The fourth-order valence-corrected chi connectivity index (χ4v) is 1.19. The average Bonchev–Trinajstić information content (AvgIpc) is 2.07. The molecule has 0 radical (unpaired) electrons. The number of nitrogens with zero attached hydrogens (tertiary/aromatic N) is 1. The first-order valence-corrected chi connectivity index (χ1v) is 4.74. The highest BCUT2D eigenvalue weighted by Crippen LogP contribution is 1.98. The summed E-state index contributed by atoms with van der Waals surface area (Å²) in [6, 6.07) is 0.505. The molecule has 0 bridgehead atoms. The zero-order valence-corrected chi connectivity index (χ0v) is 8.55. The van der Waals surface area contributed by atoms with Crippen LogP contribution in [0.2, 0.25) is 0 Å². The first kappa shape index (κ1) is 11.9. The Morgan fingerprint density at radius 3 is 2.50 bits per heavy atom. The van der Waals surface area contributed by atoms with Gasteiger partial charge < -0.3 is 10.5 Å². The van der Waals surface area contributed by atoms with E-state index in [1.54, 1.807) is 0 Å². The van der Waals surface area contributed by atoms with E-state index in [0.717, 1.165) is 32.7 Å². The Bertz CT molecular complexity index is 94.5. The lowest BCUT2D eigenvalue weighted by Crippen LogP contribution is -2.39. The third kappa shape index (κ3) is 4.70. The molecule has 0 aromatic heterocycles. The van der Waals surface area contributed by atoms with E-state index in [1.807, 2.05) is 6.92 Å². The summed E-state index contributed by atoms with van der Waals surface area (Å²) in [5.74, 6) is 0. The number of nitrogens with two attached hydrogens (primary N) is 1. The summed E-state index contributed by atoms with van der Waals surface area (Å²) in [6.45, 7) is 7.49. The van der Waals surface area contributed by atoms with E-state index in [4.69, 9.17) is 10.5 Å². The van der Waals surface area contributed by atoms with Crippen LogP contribution < -0.4 is 5.73 Å². The summed E-state index contributed by atoms with van der Waals surface area (Å²) in [6.07, 6.45) is 1.11. The van der Waals surface area contributed by atoms with Crippen molar-refractivity contribution >= 4 is 0 Å². The van der Waals surface area contributed by atoms with Crippen molar-refractivity contribution in [3.05, 3.63) is 0 Å². The van der Waals surface area contributed by atoms with Gasteiger partial charge in [-0.15, -0.1) is 0 Å². The van der Waals surface area contributed by atoms with Crippen molar-refractivity contribution in [1.29, 1.82) is 0 Å². The molecule has 0 aliphatic heterocycles. The molecule has 0 amide bonds. The second-order valence-electron chi connectivity index (χ2n) is 2.98. The number of hydrogen-bond acceptors (Lipinski definition) is 3. The molecule has 0 spiro atoms. The van der Waals surface area contributed by atoms with Crippen LogP contribution >= 0.6 is 0 Å². The van der Waals surface area contributed by atoms with Crippen LogP contribution in [0.25, 0.3) is 0 Å². The molecule has 3 nitrogen and oxygen atoms in total. The molecule has 2 N–H and O–H groups in total. The SMILES string of the molecule is CCOCCN(C)C(CC)CN. The summed E-state index contributed by atoms with van der Waals surface area (Å²) in [5.41, 5.74) is 5.61. The topological polar surface area (TPSA) is 38.5 Å². The molecule has 0 rings (SSSR count). The molecular weight excluding hydrogens is 152 g/mol. The first-order valence-electron chi connectivity index (χ1n) is 4.74. The predicted octanol–water partition coefficient (Wildman–Crippen LogP) is 0.692. The molecule has 0 saturated heterocycles. The number of likely N-dealkylation sites (N-methyl/N-ethyl adjacent to an activating group) is 1. The highest BCUT2D eigenvalue weighted by Gasteiger charge is 2.09. The van der Waals surface area contributed by atoms with Gasteiger partial charge in [0.25, 0.3) is 0 Å². The van der Waals surface area contributed by atoms with Gasteiger partial charge in [-0.1, -0.05) is 6.92 Å². The Kier molecular flexibility index (Phi) is 7.45. The average molecular weight is 174 g/mol. The molecule has 0 aromatic carbocycles. The number of hydrogen-bond donors (Lipinski definition) is 1. The van der Waals surface area contributed by atoms with Gasteiger partial charge in [0.2, 0.25) is 0 Å². The van der Waals surface area contributed by atoms with Crippen molar-refractivity contribution in [2.75, 3.05) is 33.4 Å². The van der Waals surface area contributed by atoms with Crippen LogP contribution in [0, 0.1) is 0 Å². The zero-order valence-electron chi connectivity index (χ0n) is 8.55. The van der Waals surface area contributed by atoms with E-state index in [1.165, 1.54) is 0 Å². The zero-order chi connectivity index (χ0) is 9.40. The largest absolute Gasteiger partial charge is 0.380 e. The van der Waals surface area contributed by atoms with E-state index in [9.17, 15) is 0 Å². The molecule has 0 aliphatic rings. The fourth-order valence-electron chi connectivity index (χ4n) is 1.19. The third-order valence-electron chi connectivity index (χ3n) is 2.16.